The standard InChI is InChI=1S/C48H34N2Si/c1-4-18-37(19-5-1)51(38-20-6-2-7-21-38,39-22-8-3-9-23-39)40-24-16-17-35(33-40)49-47-30-15-12-27-43(47)44-34-36(31-32-48(44)49)50-45-28-13-10-25-41(45)42-26-11-14-29-46(42)50/h1-34H/i10D,11D,13D,14D,25D,26D,28D,29D. The van der Waals surface area contributed by atoms with Crippen LogP contribution in [0.25, 0.3) is 55.0 Å². The molecular weight excluding hydrogens is 633 g/mol. The number of hydrogen-bond donors (Lipinski definition) is 0. The molecule has 10 rings (SSSR count). The van der Waals surface area contributed by atoms with Gasteiger partial charge in [0.1, 0.15) is 0 Å². The van der Waals surface area contributed by atoms with Gasteiger partial charge in [-0.15, -0.1) is 0 Å². The molecule has 0 saturated carbocycles. The van der Waals surface area contributed by atoms with Gasteiger partial charge in [-0.05, 0) is 69.2 Å². The topological polar surface area (TPSA) is 9.86 Å². The molecule has 51 heavy (non-hydrogen) atoms. The molecule has 0 radical (unpaired) electrons. The van der Waals surface area contributed by atoms with Gasteiger partial charge in [-0.25, -0.2) is 0 Å². The van der Waals surface area contributed by atoms with E-state index in [9.17, 15) is 0 Å². The monoisotopic (exact) mass is 674 g/mol. The molecule has 8 aromatic carbocycles. The van der Waals surface area contributed by atoms with Gasteiger partial charge in [0, 0.05) is 32.9 Å². The zero-order chi connectivity index (χ0) is 40.7. The first-order valence-corrected chi connectivity index (χ1v) is 19.0. The Hall–Kier alpha value is -6.42. The molecule has 0 aliphatic carbocycles. The molecule has 0 atom stereocenters. The Morgan fingerprint density at radius 2 is 0.804 bits per heavy atom. The summed E-state index contributed by atoms with van der Waals surface area (Å²) in [5, 5.41) is 6.96. The van der Waals surface area contributed by atoms with Crippen LogP contribution in [0.3, 0.4) is 0 Å². The average Bonchev–Trinajstić information content (AvgIpc) is 3.82. The van der Waals surface area contributed by atoms with Crippen molar-refractivity contribution in [3.63, 3.8) is 0 Å². The first-order chi connectivity index (χ1) is 28.6. The lowest BCUT2D eigenvalue weighted by atomic mass is 10.1. The summed E-state index contributed by atoms with van der Waals surface area (Å²) in [6.07, 6.45) is 0. The molecule has 2 heterocycles. The molecule has 0 fully saturated rings. The van der Waals surface area contributed by atoms with Crippen molar-refractivity contribution < 1.29 is 11.0 Å². The van der Waals surface area contributed by atoms with Gasteiger partial charge in [-0.3, -0.25) is 0 Å². The molecule has 2 aromatic heterocycles. The fourth-order valence-corrected chi connectivity index (χ4v) is 12.8. The summed E-state index contributed by atoms with van der Waals surface area (Å²) in [5.74, 6) is 0. The zero-order valence-electron chi connectivity index (χ0n) is 35.4. The molecule has 240 valence electrons. The van der Waals surface area contributed by atoms with Crippen molar-refractivity contribution in [2.45, 2.75) is 0 Å². The van der Waals surface area contributed by atoms with Gasteiger partial charge in [0.15, 0.2) is 8.07 Å². The molecule has 2 nitrogen and oxygen atoms in total. The Bertz CT molecular complexity index is 3140. The van der Waals surface area contributed by atoms with E-state index in [4.69, 9.17) is 11.0 Å². The van der Waals surface area contributed by atoms with E-state index in [0.717, 1.165) is 27.5 Å². The summed E-state index contributed by atoms with van der Waals surface area (Å²) in [4.78, 5) is 0. The van der Waals surface area contributed by atoms with Crippen molar-refractivity contribution in [3.8, 4) is 11.4 Å². The van der Waals surface area contributed by atoms with Crippen LogP contribution in [0.5, 0.6) is 0 Å². The molecule has 0 aliphatic heterocycles. The molecule has 0 amide bonds. The zero-order valence-corrected chi connectivity index (χ0v) is 28.4. The van der Waals surface area contributed by atoms with Crippen LogP contribution in [0.2, 0.25) is 0 Å². The lowest BCUT2D eigenvalue weighted by Gasteiger charge is -2.34. The smallest absolute Gasteiger partial charge is 0.179 e. The summed E-state index contributed by atoms with van der Waals surface area (Å²) in [6.45, 7) is 0. The van der Waals surface area contributed by atoms with Gasteiger partial charge in [0.2, 0.25) is 0 Å². The molecule has 3 heteroatoms. The predicted molar refractivity (Wildman–Crippen MR) is 219 cm³/mol. The van der Waals surface area contributed by atoms with Gasteiger partial charge in [-0.2, -0.15) is 0 Å². The van der Waals surface area contributed by atoms with E-state index >= 15 is 0 Å². The maximum atomic E-state index is 9.04. The van der Waals surface area contributed by atoms with Crippen molar-refractivity contribution in [2.75, 3.05) is 0 Å². The average molecular weight is 675 g/mol. The third kappa shape index (κ3) is 4.49. The summed E-state index contributed by atoms with van der Waals surface area (Å²) in [5.41, 5.74) is 3.54. The van der Waals surface area contributed by atoms with Gasteiger partial charge < -0.3 is 9.13 Å². The SMILES string of the molecule is [2H]c1c([2H])c([2H])c2c(c1[2H])c1c([2H])c([2H])c([2H])c([2H])c1n2-c1ccc2c(c1)c1ccccc1n2-c1cccc([Si](c2ccccc2)(c2ccccc2)c2ccccc2)c1. The van der Waals surface area contributed by atoms with Crippen LogP contribution in [-0.4, -0.2) is 17.2 Å². The second-order valence-corrected chi connectivity index (χ2v) is 16.5. The number of para-hydroxylation sites is 3. The minimum Gasteiger partial charge on any atom is -0.309 e. The summed E-state index contributed by atoms with van der Waals surface area (Å²) in [7, 11) is -2.85. The van der Waals surface area contributed by atoms with Crippen LogP contribution in [0.1, 0.15) is 11.0 Å². The van der Waals surface area contributed by atoms with Crippen LogP contribution in [0.15, 0.2) is 206 Å². The molecular formula is C48H34N2Si. The van der Waals surface area contributed by atoms with E-state index in [1.807, 2.05) is 30.3 Å². The van der Waals surface area contributed by atoms with Gasteiger partial charge >= 0.3 is 0 Å². The minimum atomic E-state index is -2.85. The normalized spacial score (nSPS) is 14.1. The Balaban J connectivity index is 1.27. The Morgan fingerprint density at radius 1 is 0.333 bits per heavy atom. The lowest BCUT2D eigenvalue weighted by Crippen LogP contribution is -2.74. The maximum absolute atomic E-state index is 9.04. The fraction of sp³-hybridized carbons (Fsp3) is 0. The number of fused-ring (bicyclic) bond motifs is 6. The van der Waals surface area contributed by atoms with Crippen molar-refractivity contribution in [2.24, 2.45) is 0 Å². The number of rotatable bonds is 6. The van der Waals surface area contributed by atoms with Crippen molar-refractivity contribution in [1.29, 1.82) is 0 Å². The van der Waals surface area contributed by atoms with Gasteiger partial charge in [0.25, 0.3) is 0 Å². The van der Waals surface area contributed by atoms with E-state index in [1.54, 1.807) is 4.57 Å². The Kier molecular flexibility index (Phi) is 5.20. The lowest BCUT2D eigenvalue weighted by molar-refractivity contribution is 1.17. The highest BCUT2D eigenvalue weighted by Gasteiger charge is 2.41. The van der Waals surface area contributed by atoms with Crippen LogP contribution < -0.4 is 20.7 Å². The quantitative estimate of drug-likeness (QED) is 0.123. The maximum Gasteiger partial charge on any atom is 0.179 e. The Labute approximate surface area is 309 Å². The largest absolute Gasteiger partial charge is 0.309 e. The highest BCUT2D eigenvalue weighted by atomic mass is 28.3. The third-order valence-electron chi connectivity index (χ3n) is 10.1. The van der Waals surface area contributed by atoms with Gasteiger partial charge in [0.05, 0.1) is 33.0 Å². The molecule has 10 aromatic rings. The summed E-state index contributed by atoms with van der Waals surface area (Å²) >= 11 is 0. The Morgan fingerprint density at radius 3 is 1.41 bits per heavy atom. The number of hydrogen-bond acceptors (Lipinski definition) is 0. The number of nitrogens with zero attached hydrogens (tertiary/aromatic N) is 2. The molecule has 0 spiro atoms. The van der Waals surface area contributed by atoms with E-state index in [0.29, 0.717) is 5.69 Å². The van der Waals surface area contributed by atoms with E-state index in [2.05, 4.69) is 132 Å². The van der Waals surface area contributed by atoms with Crippen LogP contribution in [0.4, 0.5) is 0 Å². The van der Waals surface area contributed by atoms with E-state index in [1.165, 1.54) is 20.7 Å². The summed E-state index contributed by atoms with van der Waals surface area (Å²) in [6, 6.07) is 52.0. The third-order valence-corrected chi connectivity index (χ3v) is 14.9. The molecule has 0 saturated heterocycles. The van der Waals surface area contributed by atoms with Crippen molar-refractivity contribution in [3.05, 3.63) is 206 Å². The van der Waals surface area contributed by atoms with E-state index in [-0.39, 0.29) is 46.0 Å². The van der Waals surface area contributed by atoms with Crippen LogP contribution >= 0.6 is 0 Å². The number of aromatic nitrogens is 2. The first-order valence-electron chi connectivity index (χ1n) is 21.0. The van der Waals surface area contributed by atoms with Crippen LogP contribution in [0, 0.1) is 0 Å². The molecule has 0 N–H and O–H groups in total. The second kappa shape index (κ2) is 11.9. The highest BCUT2D eigenvalue weighted by Crippen LogP contribution is 2.36. The molecule has 0 aliphatic rings. The van der Waals surface area contributed by atoms with Crippen molar-refractivity contribution in [1.82, 2.24) is 9.13 Å². The van der Waals surface area contributed by atoms with E-state index < -0.39 is 32.2 Å². The highest BCUT2D eigenvalue weighted by molar-refractivity contribution is 7.19. The van der Waals surface area contributed by atoms with Crippen LogP contribution in [-0.2, 0) is 0 Å². The minimum absolute atomic E-state index is 0.0558. The first kappa shape index (κ1) is 22.3. The predicted octanol–water partition coefficient (Wildman–Crippen LogP) is 9.26. The summed E-state index contributed by atoms with van der Waals surface area (Å²) < 4.78 is 73.7. The van der Waals surface area contributed by atoms with Crippen molar-refractivity contribution >= 4 is 72.4 Å². The second-order valence-electron chi connectivity index (χ2n) is 12.7. The van der Waals surface area contributed by atoms with Gasteiger partial charge in [-0.1, -0.05) is 158 Å². The molecule has 0 unspecified atom stereocenters. The fourth-order valence-electron chi connectivity index (χ4n) is 8.00. The number of benzene rings is 8. The molecule has 0 bridgehead atoms.